The maximum Gasteiger partial charge on any atom is 0.425 e. The van der Waals surface area contributed by atoms with E-state index in [0.29, 0.717) is 6.42 Å². The second kappa shape index (κ2) is 8.76. The molecule has 1 heterocycles. The summed E-state index contributed by atoms with van der Waals surface area (Å²) in [6, 6.07) is 0.486. The van der Waals surface area contributed by atoms with Gasteiger partial charge in [0.15, 0.2) is 6.10 Å². The van der Waals surface area contributed by atoms with Crippen LogP contribution in [-0.2, 0) is 4.79 Å². The van der Waals surface area contributed by atoms with Gasteiger partial charge in [0.25, 0.3) is 5.92 Å². The zero-order valence-corrected chi connectivity index (χ0v) is 18.7. The van der Waals surface area contributed by atoms with Gasteiger partial charge >= 0.3 is 6.18 Å². The van der Waals surface area contributed by atoms with Gasteiger partial charge < -0.3 is 15.2 Å². The van der Waals surface area contributed by atoms with Crippen molar-refractivity contribution in [2.45, 2.75) is 76.3 Å². The number of nitrogens with one attached hydrogen (secondary N) is 1. The molecule has 1 fully saturated rings. The molecule has 2 atom stereocenters. The van der Waals surface area contributed by atoms with Crippen LogP contribution < -0.4 is 10.1 Å². The molecule has 30 heavy (non-hydrogen) atoms. The van der Waals surface area contributed by atoms with Crippen molar-refractivity contribution in [1.82, 2.24) is 15.3 Å². The molecule has 1 unspecified atom stereocenters. The van der Waals surface area contributed by atoms with E-state index in [2.05, 4.69) is 15.3 Å². The Balaban J connectivity index is 0.00000450. The van der Waals surface area contributed by atoms with E-state index in [1.165, 1.54) is 6.07 Å². The summed E-state index contributed by atoms with van der Waals surface area (Å²) in [4.78, 5) is 19.9. The van der Waals surface area contributed by atoms with Gasteiger partial charge in [-0.25, -0.2) is 18.7 Å². The van der Waals surface area contributed by atoms with Crippen LogP contribution in [0.5, 0.6) is 5.88 Å². The number of halogens is 5. The molecule has 0 saturated heterocycles. The van der Waals surface area contributed by atoms with Crippen molar-refractivity contribution < 1.29 is 36.6 Å². The van der Waals surface area contributed by atoms with E-state index in [0.717, 1.165) is 13.3 Å². The molecule has 1 saturated carbocycles. The van der Waals surface area contributed by atoms with Crippen molar-refractivity contribution in [3.63, 3.8) is 0 Å². The molecule has 1 aromatic heterocycles. The predicted molar refractivity (Wildman–Crippen MR) is 92.3 cm³/mol. The number of alkyl halides is 5. The number of nitrogens with zero attached hydrogens (tertiary/aromatic N) is 2. The first-order valence-corrected chi connectivity index (χ1v) is 9.14. The zero-order valence-electron chi connectivity index (χ0n) is 16.5. The van der Waals surface area contributed by atoms with Gasteiger partial charge in [0.2, 0.25) is 11.8 Å². The van der Waals surface area contributed by atoms with E-state index in [1.54, 1.807) is 0 Å². The Morgan fingerprint density at radius 3 is 2.37 bits per heavy atom. The third kappa shape index (κ3) is 6.78. The minimum atomic E-state index is -4.57. The number of rotatable bonds is 8. The van der Waals surface area contributed by atoms with Crippen molar-refractivity contribution in [2.75, 3.05) is 0 Å². The maximum absolute atomic E-state index is 13.0. The van der Waals surface area contributed by atoms with Crippen LogP contribution in [0.2, 0.25) is 0 Å². The number of ether oxygens (including phenoxy) is 1. The molecule has 1 aromatic rings. The van der Waals surface area contributed by atoms with Crippen LogP contribution in [0.15, 0.2) is 12.4 Å². The normalized spacial score (nSPS) is 19.3. The largest absolute Gasteiger partial charge is 0.465 e. The maximum atomic E-state index is 13.0. The van der Waals surface area contributed by atoms with Crippen LogP contribution in [0.3, 0.4) is 0 Å². The zero-order chi connectivity index (χ0) is 22.0. The number of amides is 1. The molecule has 2 rings (SSSR count). The van der Waals surface area contributed by atoms with E-state index in [9.17, 15) is 31.9 Å². The second-order valence-corrected chi connectivity index (χ2v) is 7.94. The third-order valence-corrected chi connectivity index (χ3v) is 4.49. The quantitative estimate of drug-likeness (QED) is 0.409. The van der Waals surface area contributed by atoms with E-state index in [4.69, 9.17) is 4.74 Å². The summed E-state index contributed by atoms with van der Waals surface area (Å²) in [7, 11) is 0. The van der Waals surface area contributed by atoms with Crippen molar-refractivity contribution in [3.05, 3.63) is 18.1 Å². The summed E-state index contributed by atoms with van der Waals surface area (Å²) in [5.41, 5.74) is -1.55. The number of hydrogen-bond acceptors (Lipinski definition) is 5. The van der Waals surface area contributed by atoms with Crippen molar-refractivity contribution in [1.29, 1.82) is 0 Å². The van der Waals surface area contributed by atoms with E-state index >= 15 is 0 Å². The van der Waals surface area contributed by atoms with Crippen LogP contribution in [-0.4, -0.2) is 44.8 Å². The Bertz CT molecular complexity index is 725. The number of hydrogen-bond donors (Lipinski definition) is 2. The van der Waals surface area contributed by atoms with Gasteiger partial charge in [0.1, 0.15) is 6.33 Å². The monoisotopic (exact) mass is 687 g/mol. The van der Waals surface area contributed by atoms with Crippen LogP contribution in [0.4, 0.5) is 22.0 Å². The molecule has 0 spiro atoms. The van der Waals surface area contributed by atoms with Crippen molar-refractivity contribution >= 4 is 5.91 Å². The number of aliphatic hydroxyl groups is 1. The van der Waals surface area contributed by atoms with E-state index < -0.39 is 55.0 Å². The molecule has 12 heteroatoms. The van der Waals surface area contributed by atoms with Gasteiger partial charge in [-0.15, -0.1) is 0 Å². The second-order valence-electron chi connectivity index (χ2n) is 7.94. The van der Waals surface area contributed by atoms with Gasteiger partial charge in [-0.1, -0.05) is 13.8 Å². The summed E-state index contributed by atoms with van der Waals surface area (Å²) in [5.74, 6) is -3.87. The van der Waals surface area contributed by atoms with Crippen molar-refractivity contribution in [3.8, 4) is 5.88 Å². The molecule has 1 amide bonds. The SMILES string of the molecule is CC(C)CC(NC(=O)CC1(O)CC(F)(F)C1)c1cc(O[C@H](C)C(F)(F)F)ncn1.[Lr]. The molecule has 2 N–H and O–H groups in total. The first-order valence-electron chi connectivity index (χ1n) is 9.14. The third-order valence-electron chi connectivity index (χ3n) is 4.49. The van der Waals surface area contributed by atoms with Crippen LogP contribution >= 0.6 is 0 Å². The molecule has 1 aliphatic carbocycles. The average Bonchev–Trinajstić information content (AvgIpc) is 2.50. The minimum absolute atomic E-state index is 0. The summed E-state index contributed by atoms with van der Waals surface area (Å²) in [5, 5.41) is 12.6. The molecule has 0 aromatic carbocycles. The Morgan fingerprint density at radius 1 is 1.27 bits per heavy atom. The fourth-order valence-electron chi connectivity index (χ4n) is 3.16. The van der Waals surface area contributed by atoms with Crippen LogP contribution in [0.25, 0.3) is 0 Å². The molecule has 1 radical (unpaired) electrons. The molecular weight excluding hydrogens is 663 g/mol. The first-order chi connectivity index (χ1) is 13.2. The number of aromatic nitrogens is 2. The molecule has 1 aliphatic rings. The first kappa shape index (κ1) is 25.0. The average molecular weight is 687 g/mol. The summed E-state index contributed by atoms with van der Waals surface area (Å²) >= 11 is 0. The molecule has 0 aliphatic heterocycles. The van der Waals surface area contributed by atoms with E-state index in [1.807, 2.05) is 13.8 Å². The van der Waals surface area contributed by atoms with Crippen molar-refractivity contribution in [2.24, 2.45) is 5.92 Å². The molecule has 6 nitrogen and oxygen atoms in total. The number of carbonyl (C=O) groups is 1. The van der Waals surface area contributed by atoms with Crippen LogP contribution in [0, 0.1) is 5.92 Å². The fourth-order valence-corrected chi connectivity index (χ4v) is 3.16. The molecule has 0 bridgehead atoms. The van der Waals surface area contributed by atoms with Gasteiger partial charge in [-0.2, -0.15) is 13.2 Å². The Morgan fingerprint density at radius 2 is 1.87 bits per heavy atom. The summed E-state index contributed by atoms with van der Waals surface area (Å²) in [6.07, 6.45) is -7.34. The van der Waals surface area contributed by atoms with Gasteiger partial charge in [0.05, 0.1) is 23.8 Å². The van der Waals surface area contributed by atoms with Gasteiger partial charge in [-0.05, 0) is 19.3 Å². The topological polar surface area (TPSA) is 84.3 Å². The van der Waals surface area contributed by atoms with Gasteiger partial charge in [0, 0.05) is 18.9 Å². The molecular formula is C18H24F5LrN3O3. The standard InChI is InChI=1S/C18H24F5N3O3.Lr/c1-10(2)4-13(26-14(27)6-16(28)7-17(19,20)8-16)12-5-15(25-9-24-12)29-11(3)18(21,22)23;/h5,9-11,13,28H,4,6-8H2,1-3H3,(H,26,27);/t11-,13?;/m1./s1. The smallest absolute Gasteiger partial charge is 0.425 e. The minimum Gasteiger partial charge on any atom is -0.465 e. The molecule has 179 valence electrons. The van der Waals surface area contributed by atoms with Gasteiger partial charge in [-0.3, -0.25) is 4.79 Å². The Hall–Kier alpha value is -3.04. The Kier molecular flexibility index (Phi) is 7.30. The predicted octanol–water partition coefficient (Wildman–Crippen LogP) is 3.56. The fraction of sp³-hybridized carbons (Fsp3) is 0.722. The number of carbonyl (C=O) groups excluding carboxylic acids is 1. The summed E-state index contributed by atoms with van der Waals surface area (Å²) < 4.78 is 68.9. The summed E-state index contributed by atoms with van der Waals surface area (Å²) in [6.45, 7) is 4.57. The van der Waals surface area contributed by atoms with Crippen LogP contribution in [0.1, 0.15) is 58.2 Å². The Labute approximate surface area is 164 Å². The van der Waals surface area contributed by atoms with E-state index in [-0.39, 0.29) is 17.5 Å².